The first-order chi connectivity index (χ1) is 19.0. The molecule has 3 aromatic rings. The maximum atomic E-state index is 14.0. The Bertz CT molecular complexity index is 1410. The maximum Gasteiger partial charge on any atom is 0.407 e. The molecule has 2 atom stereocenters. The first kappa shape index (κ1) is 29.0. The van der Waals surface area contributed by atoms with Gasteiger partial charge in [-0.25, -0.2) is 9.18 Å². The topological polar surface area (TPSA) is 109 Å². The summed E-state index contributed by atoms with van der Waals surface area (Å²) in [4.78, 5) is 38.1. The van der Waals surface area contributed by atoms with E-state index in [9.17, 15) is 18.8 Å². The molecule has 0 unspecified atom stereocenters. The summed E-state index contributed by atoms with van der Waals surface area (Å²) >= 11 is 6.32. The summed E-state index contributed by atoms with van der Waals surface area (Å²) in [6.07, 6.45) is -0.697. The Labute approximate surface area is 237 Å². The summed E-state index contributed by atoms with van der Waals surface area (Å²) in [6, 6.07) is 17.5. The van der Waals surface area contributed by atoms with Crippen molar-refractivity contribution in [3.8, 4) is 0 Å². The molecule has 0 saturated carbocycles. The van der Waals surface area contributed by atoms with E-state index in [1.165, 1.54) is 6.07 Å². The van der Waals surface area contributed by atoms with E-state index >= 15 is 0 Å². The van der Waals surface area contributed by atoms with Gasteiger partial charge in [0.25, 0.3) is 0 Å². The number of rotatable bonds is 7. The Morgan fingerprint density at radius 1 is 1.00 bits per heavy atom. The molecule has 0 aliphatic carbocycles. The van der Waals surface area contributed by atoms with Gasteiger partial charge in [0, 0.05) is 29.4 Å². The summed E-state index contributed by atoms with van der Waals surface area (Å²) in [5.41, 5.74) is 2.66. The Morgan fingerprint density at radius 3 is 2.52 bits per heavy atom. The van der Waals surface area contributed by atoms with Gasteiger partial charge in [0.1, 0.15) is 11.4 Å². The molecule has 0 spiro atoms. The van der Waals surface area contributed by atoms with Crippen molar-refractivity contribution in [2.75, 3.05) is 5.32 Å². The van der Waals surface area contributed by atoms with Crippen LogP contribution in [0.3, 0.4) is 0 Å². The van der Waals surface area contributed by atoms with Crippen LogP contribution in [0.2, 0.25) is 5.02 Å². The Hall–Kier alpha value is -3.95. The molecule has 8 nitrogen and oxygen atoms in total. The largest absolute Gasteiger partial charge is 0.444 e. The number of anilines is 1. The molecule has 0 bridgehead atoms. The quantitative estimate of drug-likeness (QED) is 0.314. The van der Waals surface area contributed by atoms with Crippen LogP contribution in [0.1, 0.15) is 55.5 Å². The number of amides is 3. The van der Waals surface area contributed by atoms with Crippen LogP contribution in [0.25, 0.3) is 0 Å². The number of carbonyl (C=O) groups is 3. The number of halogens is 2. The highest BCUT2D eigenvalue weighted by molar-refractivity contribution is 6.30. The summed E-state index contributed by atoms with van der Waals surface area (Å²) < 4.78 is 19.3. The Morgan fingerprint density at radius 2 is 1.77 bits per heavy atom. The van der Waals surface area contributed by atoms with Crippen molar-refractivity contribution in [2.24, 2.45) is 0 Å². The highest BCUT2D eigenvalue weighted by atomic mass is 35.5. The minimum Gasteiger partial charge on any atom is -0.444 e. The lowest BCUT2D eigenvalue weighted by atomic mass is 9.95. The average Bonchev–Trinajstić information content (AvgIpc) is 3.02. The lowest BCUT2D eigenvalue weighted by molar-refractivity contribution is -0.126. The monoisotopic (exact) mass is 566 g/mol. The molecule has 0 aromatic heterocycles. The molecule has 210 valence electrons. The molecule has 0 radical (unpaired) electrons. The van der Waals surface area contributed by atoms with Gasteiger partial charge in [0.2, 0.25) is 11.8 Å². The van der Waals surface area contributed by atoms with Crippen molar-refractivity contribution in [1.82, 2.24) is 16.0 Å². The van der Waals surface area contributed by atoms with Crippen LogP contribution in [0, 0.1) is 5.82 Å². The van der Waals surface area contributed by atoms with Gasteiger partial charge in [0.05, 0.1) is 18.5 Å². The third-order valence-corrected chi connectivity index (χ3v) is 6.45. The van der Waals surface area contributed by atoms with Gasteiger partial charge in [-0.2, -0.15) is 0 Å². The van der Waals surface area contributed by atoms with Gasteiger partial charge in [0.15, 0.2) is 0 Å². The van der Waals surface area contributed by atoms with Crippen LogP contribution in [0.5, 0.6) is 0 Å². The smallest absolute Gasteiger partial charge is 0.407 e. The molecular weight excluding hydrogens is 535 g/mol. The van der Waals surface area contributed by atoms with E-state index in [2.05, 4.69) is 21.3 Å². The normalized spacial score (nSPS) is 16.8. The van der Waals surface area contributed by atoms with E-state index in [0.29, 0.717) is 16.3 Å². The third kappa shape index (κ3) is 7.80. The maximum absolute atomic E-state index is 14.0. The molecule has 40 heavy (non-hydrogen) atoms. The first-order valence-corrected chi connectivity index (χ1v) is 13.3. The predicted octanol–water partition coefficient (Wildman–Crippen LogP) is 5.21. The first-order valence-electron chi connectivity index (χ1n) is 12.9. The van der Waals surface area contributed by atoms with Crippen LogP contribution in [-0.2, 0) is 27.4 Å². The van der Waals surface area contributed by atoms with E-state index in [1.54, 1.807) is 57.2 Å². The number of carbonyl (C=O) groups excluding carboxylic acids is 3. The van der Waals surface area contributed by atoms with Crippen molar-refractivity contribution in [1.29, 1.82) is 0 Å². The minimum absolute atomic E-state index is 0.00576. The van der Waals surface area contributed by atoms with Crippen LogP contribution in [-0.4, -0.2) is 29.6 Å². The second-order valence-electron chi connectivity index (χ2n) is 10.5. The van der Waals surface area contributed by atoms with E-state index in [-0.39, 0.29) is 25.4 Å². The van der Waals surface area contributed by atoms with Gasteiger partial charge in [-0.15, -0.1) is 0 Å². The van der Waals surface area contributed by atoms with Crippen LogP contribution >= 0.6 is 11.6 Å². The molecular formula is C30H32ClFN4O4. The number of benzene rings is 3. The standard InChI is InChI=1S/C30H32ClFN4O4/c1-30(2,3)40-29(39)34-16-18-7-6-9-19(13-18)27-22-14-21(31)11-12-24(22)36-28(38)25(35-27)15-26(37)33-17-20-8-4-5-10-23(20)32/h4-14,25,27,35H,15-17H2,1-3H3,(H,33,37)(H,34,39)(H,36,38)/t25-,27-/m0/s1. The van der Waals surface area contributed by atoms with E-state index in [0.717, 1.165) is 16.7 Å². The second kappa shape index (κ2) is 12.5. The van der Waals surface area contributed by atoms with Gasteiger partial charge in [-0.05, 0) is 61.7 Å². The molecule has 4 rings (SSSR count). The number of fused-ring (bicyclic) bond motifs is 1. The van der Waals surface area contributed by atoms with Crippen LogP contribution in [0.15, 0.2) is 66.7 Å². The molecule has 3 amide bonds. The highest BCUT2D eigenvalue weighted by Crippen LogP contribution is 2.34. The molecule has 10 heteroatoms. The molecule has 0 fully saturated rings. The van der Waals surface area contributed by atoms with Crippen molar-refractivity contribution in [3.63, 3.8) is 0 Å². The summed E-state index contributed by atoms with van der Waals surface area (Å²) in [5, 5.41) is 12.1. The molecule has 1 aliphatic heterocycles. The zero-order chi connectivity index (χ0) is 28.9. The molecule has 0 saturated heterocycles. The van der Waals surface area contributed by atoms with Gasteiger partial charge >= 0.3 is 6.09 Å². The van der Waals surface area contributed by atoms with E-state index in [1.807, 2.05) is 24.3 Å². The fourth-order valence-electron chi connectivity index (χ4n) is 4.36. The summed E-state index contributed by atoms with van der Waals surface area (Å²) in [6.45, 7) is 5.61. The predicted molar refractivity (Wildman–Crippen MR) is 151 cm³/mol. The van der Waals surface area contributed by atoms with Crippen molar-refractivity contribution < 1.29 is 23.5 Å². The van der Waals surface area contributed by atoms with Gasteiger partial charge in [-0.1, -0.05) is 54.1 Å². The minimum atomic E-state index is -0.889. The fourth-order valence-corrected chi connectivity index (χ4v) is 4.54. The zero-order valence-electron chi connectivity index (χ0n) is 22.5. The number of hydrogen-bond donors (Lipinski definition) is 4. The average molecular weight is 567 g/mol. The highest BCUT2D eigenvalue weighted by Gasteiger charge is 2.32. The Kier molecular flexibility index (Phi) is 9.07. The summed E-state index contributed by atoms with van der Waals surface area (Å²) in [7, 11) is 0. The SMILES string of the molecule is CC(C)(C)OC(=O)NCc1cccc([C@@H]2N[C@@H](CC(=O)NCc3ccccc3F)C(=O)Nc3ccc(Cl)cc32)c1. The lowest BCUT2D eigenvalue weighted by Gasteiger charge is -2.23. The van der Waals surface area contributed by atoms with Gasteiger partial charge < -0.3 is 20.7 Å². The van der Waals surface area contributed by atoms with Gasteiger partial charge in [-0.3, -0.25) is 14.9 Å². The van der Waals surface area contributed by atoms with Crippen molar-refractivity contribution in [2.45, 2.75) is 58.0 Å². The second-order valence-corrected chi connectivity index (χ2v) is 11.0. The van der Waals surface area contributed by atoms with Crippen LogP contribution < -0.4 is 21.3 Å². The van der Waals surface area contributed by atoms with Crippen molar-refractivity contribution >= 4 is 35.2 Å². The van der Waals surface area contributed by atoms with Crippen LogP contribution in [0.4, 0.5) is 14.9 Å². The lowest BCUT2D eigenvalue weighted by Crippen LogP contribution is -2.43. The number of ether oxygens (including phenoxy) is 1. The fraction of sp³-hybridized carbons (Fsp3) is 0.300. The van der Waals surface area contributed by atoms with E-state index in [4.69, 9.17) is 16.3 Å². The Balaban J connectivity index is 1.53. The number of nitrogens with one attached hydrogen (secondary N) is 4. The third-order valence-electron chi connectivity index (χ3n) is 6.21. The molecule has 1 aliphatic rings. The molecule has 1 heterocycles. The molecule has 4 N–H and O–H groups in total. The zero-order valence-corrected chi connectivity index (χ0v) is 23.3. The molecule has 3 aromatic carbocycles. The number of hydrogen-bond acceptors (Lipinski definition) is 5. The number of alkyl carbamates (subject to hydrolysis) is 1. The van der Waals surface area contributed by atoms with E-state index < -0.39 is 35.5 Å². The van der Waals surface area contributed by atoms with Crippen molar-refractivity contribution in [3.05, 3.63) is 99.8 Å². The summed E-state index contributed by atoms with van der Waals surface area (Å²) in [5.74, 6) is -1.20.